The minimum atomic E-state index is -0.366. The molecule has 2 heterocycles. The average Bonchev–Trinajstić information content (AvgIpc) is 3.17. The Balaban J connectivity index is 1.33. The Kier molecular flexibility index (Phi) is 6.30. The van der Waals surface area contributed by atoms with Crippen LogP contribution in [0, 0.1) is 6.92 Å². The van der Waals surface area contributed by atoms with Crippen molar-refractivity contribution in [3.8, 4) is 0 Å². The number of hydrogen-bond donors (Lipinski definition) is 1. The summed E-state index contributed by atoms with van der Waals surface area (Å²) in [5.74, 6) is -0.615. The molecule has 1 N–H and O–H groups in total. The molecule has 3 aromatic carbocycles. The lowest BCUT2D eigenvalue weighted by Gasteiger charge is -2.25. The van der Waals surface area contributed by atoms with Crippen LogP contribution in [0.25, 0.3) is 0 Å². The van der Waals surface area contributed by atoms with Gasteiger partial charge in [0.05, 0.1) is 11.3 Å². The number of nitrogens with one attached hydrogen (secondary N) is 1. The fourth-order valence-corrected chi connectivity index (χ4v) is 5.48. The van der Waals surface area contributed by atoms with E-state index < -0.39 is 0 Å². The average molecular weight is 533 g/mol. The molecule has 7 heteroatoms. The molecule has 1 aromatic heterocycles. The third-order valence-corrected chi connectivity index (χ3v) is 7.35. The number of esters is 1. The maximum absolute atomic E-state index is 13.0. The van der Waals surface area contributed by atoms with E-state index in [2.05, 4.69) is 38.4 Å². The predicted molar refractivity (Wildman–Crippen MR) is 136 cm³/mol. The van der Waals surface area contributed by atoms with Crippen LogP contribution in [0.15, 0.2) is 77.3 Å². The van der Waals surface area contributed by atoms with Crippen LogP contribution in [-0.4, -0.2) is 16.9 Å². The fourth-order valence-electron chi connectivity index (χ4n) is 4.04. The Labute approximate surface area is 210 Å². The van der Waals surface area contributed by atoms with Crippen molar-refractivity contribution in [3.05, 3.63) is 116 Å². The van der Waals surface area contributed by atoms with E-state index in [1.54, 1.807) is 18.2 Å². The SMILES string of the molecule is Cc1nc(NC(=O)c2ccc3c(c2)CC(c2ccccc2)OC3=O)sc1Cc1cccc(Br)c1. The number of hydrogen-bond acceptors (Lipinski definition) is 5. The molecule has 1 aliphatic heterocycles. The van der Waals surface area contributed by atoms with Gasteiger partial charge >= 0.3 is 5.97 Å². The number of aromatic nitrogens is 1. The monoisotopic (exact) mass is 532 g/mol. The number of cyclic esters (lactones) is 1. The van der Waals surface area contributed by atoms with Gasteiger partial charge in [-0.1, -0.05) is 58.4 Å². The van der Waals surface area contributed by atoms with Gasteiger partial charge in [0.15, 0.2) is 5.13 Å². The predicted octanol–water partition coefficient (Wildman–Crippen LogP) is 6.51. The first-order chi connectivity index (χ1) is 16.5. The van der Waals surface area contributed by atoms with Crippen LogP contribution in [0.3, 0.4) is 0 Å². The number of thiazole rings is 1. The van der Waals surface area contributed by atoms with Crippen LogP contribution in [0.1, 0.15) is 54.1 Å². The van der Waals surface area contributed by atoms with Crippen LogP contribution < -0.4 is 5.32 Å². The molecule has 1 aliphatic rings. The quantitative estimate of drug-likeness (QED) is 0.297. The van der Waals surface area contributed by atoms with Gasteiger partial charge in [0.25, 0.3) is 5.91 Å². The van der Waals surface area contributed by atoms with Crippen LogP contribution in [0.5, 0.6) is 0 Å². The molecule has 1 amide bonds. The zero-order valence-electron chi connectivity index (χ0n) is 18.4. The highest BCUT2D eigenvalue weighted by molar-refractivity contribution is 9.10. The van der Waals surface area contributed by atoms with Crippen molar-refractivity contribution < 1.29 is 14.3 Å². The molecule has 0 fully saturated rings. The van der Waals surface area contributed by atoms with Crippen molar-refractivity contribution in [2.24, 2.45) is 0 Å². The van der Waals surface area contributed by atoms with Crippen molar-refractivity contribution in [2.75, 3.05) is 5.32 Å². The van der Waals surface area contributed by atoms with Crippen LogP contribution in [0.4, 0.5) is 5.13 Å². The van der Waals surface area contributed by atoms with Gasteiger partial charge < -0.3 is 4.74 Å². The second kappa shape index (κ2) is 9.52. The minimum Gasteiger partial charge on any atom is -0.454 e. The minimum absolute atomic E-state index is 0.249. The Hall–Kier alpha value is -3.29. The maximum Gasteiger partial charge on any atom is 0.339 e. The van der Waals surface area contributed by atoms with Crippen LogP contribution >= 0.6 is 27.3 Å². The van der Waals surface area contributed by atoms with Gasteiger partial charge in [-0.25, -0.2) is 9.78 Å². The van der Waals surface area contributed by atoms with E-state index in [0.29, 0.717) is 22.7 Å². The van der Waals surface area contributed by atoms with E-state index >= 15 is 0 Å². The number of ether oxygens (including phenoxy) is 1. The molecule has 5 nitrogen and oxygen atoms in total. The molecule has 170 valence electrons. The van der Waals surface area contributed by atoms with Crippen LogP contribution in [-0.2, 0) is 17.6 Å². The summed E-state index contributed by atoms with van der Waals surface area (Å²) in [6.07, 6.45) is 0.918. The van der Waals surface area contributed by atoms with E-state index in [1.165, 1.54) is 16.9 Å². The number of nitrogens with zero attached hydrogens (tertiary/aromatic N) is 1. The van der Waals surface area contributed by atoms with E-state index in [9.17, 15) is 9.59 Å². The summed E-state index contributed by atoms with van der Waals surface area (Å²) in [5, 5.41) is 3.48. The lowest BCUT2D eigenvalue weighted by molar-refractivity contribution is 0.0252. The summed E-state index contributed by atoms with van der Waals surface area (Å²) in [4.78, 5) is 31.2. The number of fused-ring (bicyclic) bond motifs is 1. The molecule has 1 atom stereocenters. The van der Waals surface area contributed by atoms with Crippen molar-refractivity contribution in [1.29, 1.82) is 0 Å². The topological polar surface area (TPSA) is 68.3 Å². The number of carbonyl (C=O) groups excluding carboxylic acids is 2. The number of rotatable bonds is 5. The molecule has 1 unspecified atom stereocenters. The second-order valence-electron chi connectivity index (χ2n) is 8.17. The van der Waals surface area contributed by atoms with E-state index in [0.717, 1.165) is 32.6 Å². The van der Waals surface area contributed by atoms with Gasteiger partial charge in [-0.3, -0.25) is 10.1 Å². The van der Waals surface area contributed by atoms with E-state index in [4.69, 9.17) is 4.74 Å². The zero-order chi connectivity index (χ0) is 23.7. The smallest absolute Gasteiger partial charge is 0.339 e. The lowest BCUT2D eigenvalue weighted by atomic mass is 9.93. The Morgan fingerprint density at radius 1 is 1.12 bits per heavy atom. The van der Waals surface area contributed by atoms with Crippen molar-refractivity contribution >= 4 is 44.3 Å². The summed E-state index contributed by atoms with van der Waals surface area (Å²) < 4.78 is 6.65. The van der Waals surface area contributed by atoms with Crippen LogP contribution in [0.2, 0.25) is 0 Å². The molecular formula is C27H21BrN2O3S. The maximum atomic E-state index is 13.0. The Morgan fingerprint density at radius 2 is 1.94 bits per heavy atom. The Morgan fingerprint density at radius 3 is 2.74 bits per heavy atom. The zero-order valence-corrected chi connectivity index (χ0v) is 20.8. The first-order valence-corrected chi connectivity index (χ1v) is 12.5. The molecule has 0 saturated heterocycles. The number of benzene rings is 3. The lowest BCUT2D eigenvalue weighted by Crippen LogP contribution is -2.23. The highest BCUT2D eigenvalue weighted by atomic mass is 79.9. The molecule has 0 spiro atoms. The molecule has 0 saturated carbocycles. The van der Waals surface area contributed by atoms with Gasteiger partial charge in [-0.05, 0) is 53.9 Å². The van der Waals surface area contributed by atoms with E-state index in [-0.39, 0.29) is 18.0 Å². The first-order valence-electron chi connectivity index (χ1n) is 10.9. The molecule has 5 rings (SSSR count). The molecule has 34 heavy (non-hydrogen) atoms. The van der Waals surface area contributed by atoms with Gasteiger partial charge in [0.2, 0.25) is 0 Å². The van der Waals surface area contributed by atoms with Crippen molar-refractivity contribution in [2.45, 2.75) is 25.9 Å². The molecule has 0 aliphatic carbocycles. The highest BCUT2D eigenvalue weighted by Crippen LogP contribution is 2.32. The molecule has 4 aromatic rings. The van der Waals surface area contributed by atoms with Crippen molar-refractivity contribution in [1.82, 2.24) is 4.98 Å². The summed E-state index contributed by atoms with van der Waals surface area (Å²) >= 11 is 4.98. The molecular weight excluding hydrogens is 512 g/mol. The van der Waals surface area contributed by atoms with Gasteiger partial charge in [-0.15, -0.1) is 11.3 Å². The summed E-state index contributed by atoms with van der Waals surface area (Å²) in [7, 11) is 0. The number of aryl methyl sites for hydroxylation is 1. The number of halogens is 1. The number of amides is 1. The standard InChI is InChI=1S/C27H21BrN2O3S/c1-16-24(13-17-6-5-9-21(28)12-17)34-27(29-16)30-25(31)19-10-11-22-20(14-19)15-23(33-26(22)32)18-7-3-2-4-8-18/h2-12,14,23H,13,15H2,1H3,(H,29,30,31). The first kappa shape index (κ1) is 22.5. The van der Waals surface area contributed by atoms with Gasteiger partial charge in [-0.2, -0.15) is 0 Å². The Bertz CT molecular complexity index is 1380. The third-order valence-electron chi connectivity index (χ3n) is 5.78. The summed E-state index contributed by atoms with van der Waals surface area (Å²) in [6.45, 7) is 1.95. The third kappa shape index (κ3) is 4.81. The number of anilines is 1. The van der Waals surface area contributed by atoms with Gasteiger partial charge in [0, 0.05) is 27.8 Å². The van der Waals surface area contributed by atoms with Crippen molar-refractivity contribution in [3.63, 3.8) is 0 Å². The summed E-state index contributed by atoms with van der Waals surface area (Å²) in [5.41, 5.74) is 4.82. The second-order valence-corrected chi connectivity index (χ2v) is 10.2. The summed E-state index contributed by atoms with van der Waals surface area (Å²) in [6, 6.07) is 22.9. The highest BCUT2D eigenvalue weighted by Gasteiger charge is 2.28. The normalized spacial score (nSPS) is 14.9. The largest absolute Gasteiger partial charge is 0.454 e. The fraction of sp³-hybridized carbons (Fsp3) is 0.148. The molecule has 0 radical (unpaired) electrons. The van der Waals surface area contributed by atoms with E-state index in [1.807, 2.05) is 49.4 Å². The van der Waals surface area contributed by atoms with Gasteiger partial charge in [0.1, 0.15) is 6.10 Å². The number of carbonyl (C=O) groups is 2. The molecule has 0 bridgehead atoms.